The molecule has 0 fully saturated rings. The van der Waals surface area contributed by atoms with Crippen molar-refractivity contribution in [3.05, 3.63) is 16.8 Å². The van der Waals surface area contributed by atoms with E-state index in [1.54, 1.807) is 0 Å². The summed E-state index contributed by atoms with van der Waals surface area (Å²) in [6.07, 6.45) is 1.21. The van der Waals surface area contributed by atoms with Gasteiger partial charge in [-0.1, -0.05) is 0 Å². The van der Waals surface area contributed by atoms with Gasteiger partial charge in [-0.3, -0.25) is 0 Å². The minimum absolute atomic E-state index is 0.282. The van der Waals surface area contributed by atoms with Crippen molar-refractivity contribution in [1.29, 1.82) is 5.26 Å². The summed E-state index contributed by atoms with van der Waals surface area (Å²) in [5, 5.41) is 8.20. The van der Waals surface area contributed by atoms with Crippen molar-refractivity contribution in [3.63, 3.8) is 0 Å². The van der Waals surface area contributed by atoms with Crippen LogP contribution in [0.2, 0.25) is 0 Å². The summed E-state index contributed by atoms with van der Waals surface area (Å²) in [5.74, 6) is 0. The van der Waals surface area contributed by atoms with Crippen LogP contribution in [0.1, 0.15) is 5.69 Å². The van der Waals surface area contributed by atoms with E-state index in [9.17, 15) is 0 Å². The molecule has 1 heterocycles. The van der Waals surface area contributed by atoms with Crippen molar-refractivity contribution in [2.75, 3.05) is 0 Å². The third kappa shape index (κ3) is 0.724. The standard InChI is InChI=1S/C4HBrN2O/c5-4-3(1-6)7-2-8-4/h2H. The highest BCUT2D eigenvalue weighted by Gasteiger charge is 1.99. The first-order chi connectivity index (χ1) is 3.84. The fraction of sp³-hybridized carbons (Fsp3) is 0. The van der Waals surface area contributed by atoms with E-state index in [2.05, 4.69) is 25.3 Å². The molecule has 0 aromatic carbocycles. The van der Waals surface area contributed by atoms with E-state index in [0.717, 1.165) is 0 Å². The van der Waals surface area contributed by atoms with Gasteiger partial charge in [0, 0.05) is 0 Å². The normalized spacial score (nSPS) is 8.50. The molecule has 0 spiro atoms. The van der Waals surface area contributed by atoms with E-state index in [1.165, 1.54) is 6.39 Å². The van der Waals surface area contributed by atoms with E-state index in [0.29, 0.717) is 4.67 Å². The van der Waals surface area contributed by atoms with Crippen LogP contribution in [0.4, 0.5) is 0 Å². The van der Waals surface area contributed by atoms with Crippen molar-refractivity contribution in [1.82, 2.24) is 4.98 Å². The number of oxazole rings is 1. The minimum atomic E-state index is 0.282. The van der Waals surface area contributed by atoms with Gasteiger partial charge in [-0.15, -0.1) is 0 Å². The number of aromatic nitrogens is 1. The zero-order chi connectivity index (χ0) is 5.98. The molecule has 0 amide bonds. The van der Waals surface area contributed by atoms with E-state index in [4.69, 9.17) is 5.26 Å². The van der Waals surface area contributed by atoms with Gasteiger partial charge in [0.15, 0.2) is 12.1 Å². The molecule has 0 aliphatic heterocycles. The van der Waals surface area contributed by atoms with E-state index in [-0.39, 0.29) is 5.69 Å². The predicted molar refractivity (Wildman–Crippen MR) is 28.9 cm³/mol. The van der Waals surface area contributed by atoms with Crippen LogP contribution in [-0.2, 0) is 0 Å². The highest BCUT2D eigenvalue weighted by atomic mass is 79.9. The average Bonchev–Trinajstić information content (AvgIpc) is 2.14. The van der Waals surface area contributed by atoms with Crippen LogP contribution in [-0.4, -0.2) is 4.98 Å². The summed E-state index contributed by atoms with van der Waals surface area (Å²) in [6, 6.07) is 1.82. The Hall–Kier alpha value is -0.820. The first kappa shape index (κ1) is 5.32. The average molecular weight is 173 g/mol. The van der Waals surface area contributed by atoms with Gasteiger partial charge in [0.25, 0.3) is 0 Å². The summed E-state index contributed by atoms with van der Waals surface area (Å²) >= 11 is 2.97. The number of nitrogens with zero attached hydrogens (tertiary/aromatic N) is 2. The van der Waals surface area contributed by atoms with Gasteiger partial charge in [0.2, 0.25) is 4.67 Å². The molecular weight excluding hydrogens is 172 g/mol. The Morgan fingerprint density at radius 2 is 2.62 bits per heavy atom. The van der Waals surface area contributed by atoms with E-state index in [1.807, 2.05) is 6.07 Å². The summed E-state index contributed by atoms with van der Waals surface area (Å²) in [6.45, 7) is 0. The summed E-state index contributed by atoms with van der Waals surface area (Å²) in [4.78, 5) is 3.56. The van der Waals surface area contributed by atoms with Crippen molar-refractivity contribution in [2.45, 2.75) is 0 Å². The van der Waals surface area contributed by atoms with Gasteiger partial charge >= 0.3 is 0 Å². The van der Waals surface area contributed by atoms with Crippen molar-refractivity contribution in [3.8, 4) is 6.07 Å². The van der Waals surface area contributed by atoms with Crippen LogP contribution in [0.3, 0.4) is 0 Å². The van der Waals surface area contributed by atoms with E-state index < -0.39 is 0 Å². The molecule has 8 heavy (non-hydrogen) atoms. The van der Waals surface area contributed by atoms with Crippen LogP contribution in [0.5, 0.6) is 0 Å². The maximum absolute atomic E-state index is 8.20. The lowest BCUT2D eigenvalue weighted by atomic mass is 10.6. The van der Waals surface area contributed by atoms with E-state index >= 15 is 0 Å². The minimum Gasteiger partial charge on any atom is -0.435 e. The van der Waals surface area contributed by atoms with Crippen LogP contribution in [0, 0.1) is 11.3 Å². The quantitative estimate of drug-likeness (QED) is 0.594. The fourth-order valence-corrected chi connectivity index (χ4v) is 0.579. The Kier molecular flexibility index (Phi) is 1.31. The maximum atomic E-state index is 8.20. The SMILES string of the molecule is N#Cc1ncoc1Br. The number of hydrogen-bond acceptors (Lipinski definition) is 3. The third-order valence-electron chi connectivity index (χ3n) is 0.630. The molecule has 0 aliphatic carbocycles. The molecule has 0 saturated heterocycles. The van der Waals surface area contributed by atoms with Gasteiger partial charge in [0.05, 0.1) is 0 Å². The number of nitriles is 1. The zero-order valence-corrected chi connectivity index (χ0v) is 5.34. The number of halogens is 1. The highest BCUT2D eigenvalue weighted by Crippen LogP contribution is 2.11. The van der Waals surface area contributed by atoms with Gasteiger partial charge in [0.1, 0.15) is 6.07 Å². The lowest BCUT2D eigenvalue weighted by molar-refractivity contribution is 0.533. The lowest BCUT2D eigenvalue weighted by Crippen LogP contribution is -1.68. The van der Waals surface area contributed by atoms with Crippen molar-refractivity contribution < 1.29 is 4.42 Å². The molecule has 40 valence electrons. The fourth-order valence-electron chi connectivity index (χ4n) is 0.305. The molecule has 0 atom stereocenters. The smallest absolute Gasteiger partial charge is 0.207 e. The molecule has 0 aliphatic rings. The Morgan fingerprint density at radius 3 is 2.88 bits per heavy atom. The predicted octanol–water partition coefficient (Wildman–Crippen LogP) is 1.31. The van der Waals surface area contributed by atoms with Crippen LogP contribution in [0.15, 0.2) is 15.5 Å². The summed E-state index contributed by atoms with van der Waals surface area (Å²) in [7, 11) is 0. The Morgan fingerprint density at radius 1 is 1.88 bits per heavy atom. The topological polar surface area (TPSA) is 49.8 Å². The number of hydrogen-bond donors (Lipinski definition) is 0. The monoisotopic (exact) mass is 172 g/mol. The van der Waals surface area contributed by atoms with Gasteiger partial charge in [-0.05, 0) is 15.9 Å². The van der Waals surface area contributed by atoms with Gasteiger partial charge in [-0.25, -0.2) is 4.98 Å². The summed E-state index contributed by atoms with van der Waals surface area (Å²) in [5.41, 5.74) is 0.282. The van der Waals surface area contributed by atoms with Gasteiger partial charge in [-0.2, -0.15) is 5.26 Å². The Bertz CT molecular complexity index is 224. The first-order valence-electron chi connectivity index (χ1n) is 1.83. The van der Waals surface area contributed by atoms with Gasteiger partial charge < -0.3 is 4.42 Å². The molecule has 1 rings (SSSR count). The van der Waals surface area contributed by atoms with Crippen molar-refractivity contribution >= 4 is 15.9 Å². The van der Waals surface area contributed by atoms with Crippen LogP contribution in [0.25, 0.3) is 0 Å². The molecule has 0 N–H and O–H groups in total. The van der Waals surface area contributed by atoms with Crippen LogP contribution >= 0.6 is 15.9 Å². The van der Waals surface area contributed by atoms with Crippen LogP contribution < -0.4 is 0 Å². The molecule has 3 nitrogen and oxygen atoms in total. The second kappa shape index (κ2) is 1.97. The molecule has 4 heteroatoms. The third-order valence-corrected chi connectivity index (χ3v) is 1.19. The second-order valence-electron chi connectivity index (χ2n) is 1.09. The highest BCUT2D eigenvalue weighted by molar-refractivity contribution is 9.10. The largest absolute Gasteiger partial charge is 0.435 e. The van der Waals surface area contributed by atoms with Crippen molar-refractivity contribution in [2.24, 2.45) is 0 Å². The molecular formula is C4HBrN2O. The molecule has 0 saturated carbocycles. The molecule has 0 bridgehead atoms. The molecule has 1 aromatic heterocycles. The number of rotatable bonds is 0. The second-order valence-corrected chi connectivity index (χ2v) is 1.81. The first-order valence-corrected chi connectivity index (χ1v) is 2.63. The lowest BCUT2D eigenvalue weighted by Gasteiger charge is -1.71. The Labute approximate surface area is 54.1 Å². The Balaban J connectivity index is 3.15. The summed E-state index contributed by atoms with van der Waals surface area (Å²) < 4.78 is 5.03. The molecule has 1 aromatic rings. The zero-order valence-electron chi connectivity index (χ0n) is 3.76. The maximum Gasteiger partial charge on any atom is 0.207 e. The molecule has 0 radical (unpaired) electrons. The molecule has 0 unspecified atom stereocenters.